The molecule has 0 bridgehead atoms. The molecule has 5 atom stereocenters. The highest BCUT2D eigenvalue weighted by Gasteiger charge is 2.62. The van der Waals surface area contributed by atoms with Crippen molar-refractivity contribution < 1.29 is 36.3 Å². The summed E-state index contributed by atoms with van der Waals surface area (Å²) in [5.41, 5.74) is 0.635. The summed E-state index contributed by atoms with van der Waals surface area (Å²) in [6, 6.07) is 12.5. The van der Waals surface area contributed by atoms with E-state index in [2.05, 4.69) is 9.71 Å². The van der Waals surface area contributed by atoms with Crippen LogP contribution in [0.5, 0.6) is 6.08 Å². The number of benzene rings is 2. The molecule has 10 nitrogen and oxygen atoms in total. The van der Waals surface area contributed by atoms with E-state index < -0.39 is 44.2 Å². The van der Waals surface area contributed by atoms with Gasteiger partial charge in [-0.05, 0) is 87.6 Å². The monoisotopic (exact) mass is 691 g/mol. The number of sulfonamides is 1. The number of ketones is 1. The highest BCUT2D eigenvalue weighted by Crippen LogP contribution is 2.57. The first-order valence-electron chi connectivity index (χ1n) is 17.3. The molecule has 2 amide bonds. The minimum atomic E-state index is -3.91. The maximum atomic E-state index is 14.5. The number of rotatable bonds is 7. The van der Waals surface area contributed by atoms with Crippen molar-refractivity contribution in [1.82, 2.24) is 14.6 Å². The van der Waals surface area contributed by atoms with Crippen molar-refractivity contribution in [3.8, 4) is 6.08 Å². The molecule has 260 valence electrons. The average molecular weight is 692 g/mol. The van der Waals surface area contributed by atoms with Crippen LogP contribution in [0.2, 0.25) is 0 Å². The summed E-state index contributed by atoms with van der Waals surface area (Å²) in [5, 5.41) is 0. The number of halogens is 1. The van der Waals surface area contributed by atoms with E-state index in [-0.39, 0.29) is 48.9 Å². The minimum Gasteiger partial charge on any atom is -0.445 e. The molecule has 0 spiro atoms. The van der Waals surface area contributed by atoms with Crippen LogP contribution in [0, 0.1) is 23.1 Å². The third kappa shape index (κ3) is 6.89. The summed E-state index contributed by atoms with van der Waals surface area (Å²) in [6.45, 7) is 1.72. The van der Waals surface area contributed by atoms with Gasteiger partial charge in [0.15, 0.2) is 11.4 Å². The molecule has 0 radical (unpaired) electrons. The van der Waals surface area contributed by atoms with E-state index in [1.807, 2.05) is 24.3 Å². The van der Waals surface area contributed by atoms with Gasteiger partial charge in [0.1, 0.15) is 17.4 Å². The molecule has 0 unspecified atom stereocenters. The second kappa shape index (κ2) is 13.0. The molecule has 2 aliphatic heterocycles. The number of nitrogens with zero attached hydrogens (tertiary/aromatic N) is 2. The fourth-order valence-electron chi connectivity index (χ4n) is 7.41. The number of carbonyl (C=O) groups excluding carboxylic acids is 3. The number of aromatic nitrogens is 1. The van der Waals surface area contributed by atoms with Crippen molar-refractivity contribution in [2.75, 3.05) is 6.54 Å². The number of allylic oxidation sites excluding steroid dienone is 2. The van der Waals surface area contributed by atoms with Crippen molar-refractivity contribution in [2.45, 2.75) is 94.4 Å². The van der Waals surface area contributed by atoms with Crippen LogP contribution in [-0.2, 0) is 30.8 Å². The van der Waals surface area contributed by atoms with Crippen LogP contribution >= 0.6 is 0 Å². The van der Waals surface area contributed by atoms with Crippen molar-refractivity contribution in [2.24, 2.45) is 17.3 Å². The highest BCUT2D eigenvalue weighted by molar-refractivity contribution is 7.91. The summed E-state index contributed by atoms with van der Waals surface area (Å²) in [7, 11) is -3.91. The number of fused-ring (bicyclic) bond motifs is 3. The molecule has 3 fully saturated rings. The van der Waals surface area contributed by atoms with E-state index in [0.29, 0.717) is 48.8 Å². The molecule has 4 aliphatic rings. The molecular formula is C37H42FN3O7S. The van der Waals surface area contributed by atoms with Crippen LogP contribution in [0.3, 0.4) is 0 Å². The highest BCUT2D eigenvalue weighted by atomic mass is 32.2. The lowest BCUT2D eigenvalue weighted by Crippen LogP contribution is -2.47. The Bertz CT molecular complexity index is 1870. The first kappa shape index (κ1) is 33.4. The Labute approximate surface area is 285 Å². The zero-order chi connectivity index (χ0) is 34.4. The number of hydrogen-bond acceptors (Lipinski definition) is 8. The van der Waals surface area contributed by atoms with Gasteiger partial charge in [-0.3, -0.25) is 19.1 Å². The lowest BCUT2D eigenvalue weighted by Gasteiger charge is -2.29. The van der Waals surface area contributed by atoms with E-state index >= 15 is 0 Å². The van der Waals surface area contributed by atoms with Gasteiger partial charge in [0, 0.05) is 18.8 Å². The number of carbonyl (C=O) groups is 3. The standard InChI is InChI=1S/C37H42FN3O7S/c1-36(16-17-36)49(45,46)40-34(44)37-21-26(37)12-6-4-2-3-5-11-25(18-24-10-9-13-27(38)19-24)33(43)41-23-28(20-30(41)31(42)22-37)47-35-39-29-14-7-8-15-32(29)48-35/h6-10,12-15,19,25-26,28,30H,2-5,11,16-18,20-23H2,1H3,(H,40,44)/b12-6-/t25-,26-,28-,30+,37-/m1/s1. The van der Waals surface area contributed by atoms with Gasteiger partial charge in [0.05, 0.1) is 22.7 Å². The molecule has 1 aromatic heterocycles. The third-order valence-electron chi connectivity index (χ3n) is 10.9. The zero-order valence-corrected chi connectivity index (χ0v) is 28.4. The quantitative estimate of drug-likeness (QED) is 0.314. The van der Waals surface area contributed by atoms with Crippen molar-refractivity contribution in [3.63, 3.8) is 0 Å². The van der Waals surface area contributed by atoms with E-state index in [4.69, 9.17) is 9.15 Å². The van der Waals surface area contributed by atoms with Gasteiger partial charge in [-0.2, -0.15) is 4.98 Å². The summed E-state index contributed by atoms with van der Waals surface area (Å²) in [6.07, 6.45) is 8.80. The Kier molecular flexibility index (Phi) is 8.87. The van der Waals surface area contributed by atoms with Crippen LogP contribution in [0.4, 0.5) is 4.39 Å². The summed E-state index contributed by atoms with van der Waals surface area (Å²) >= 11 is 0. The zero-order valence-electron chi connectivity index (χ0n) is 27.6. The number of hydrogen-bond donors (Lipinski definition) is 1. The van der Waals surface area contributed by atoms with Gasteiger partial charge >= 0.3 is 6.08 Å². The predicted molar refractivity (Wildman–Crippen MR) is 179 cm³/mol. The fraction of sp³-hybridized carbons (Fsp3) is 0.514. The lowest BCUT2D eigenvalue weighted by molar-refractivity contribution is -0.142. The van der Waals surface area contributed by atoms with Gasteiger partial charge in [0.25, 0.3) is 0 Å². The van der Waals surface area contributed by atoms with Gasteiger partial charge < -0.3 is 14.1 Å². The van der Waals surface area contributed by atoms with Gasteiger partial charge in [0.2, 0.25) is 21.8 Å². The Morgan fingerprint density at radius 1 is 1.12 bits per heavy atom. The Morgan fingerprint density at radius 3 is 2.71 bits per heavy atom. The van der Waals surface area contributed by atoms with Crippen molar-refractivity contribution >= 4 is 38.7 Å². The molecule has 12 heteroatoms. The molecule has 2 aromatic carbocycles. The van der Waals surface area contributed by atoms with E-state index in [9.17, 15) is 27.2 Å². The molecule has 2 aliphatic carbocycles. The fourth-order valence-corrected chi connectivity index (χ4v) is 8.75. The molecular weight excluding hydrogens is 649 g/mol. The van der Waals surface area contributed by atoms with Crippen LogP contribution in [0.25, 0.3) is 11.1 Å². The maximum absolute atomic E-state index is 14.5. The number of para-hydroxylation sites is 2. The number of amides is 2. The van der Waals surface area contributed by atoms with Crippen LogP contribution in [0.1, 0.15) is 76.7 Å². The molecule has 1 saturated heterocycles. The van der Waals surface area contributed by atoms with E-state index in [1.165, 1.54) is 12.1 Å². The average Bonchev–Trinajstić information content (AvgIpc) is 3.87. The molecule has 2 saturated carbocycles. The summed E-state index contributed by atoms with van der Waals surface area (Å²) < 4.78 is 53.6. The van der Waals surface area contributed by atoms with Crippen LogP contribution in [-0.4, -0.2) is 59.3 Å². The second-order valence-electron chi connectivity index (χ2n) is 14.5. The topological polar surface area (TPSA) is 136 Å². The molecule has 7 rings (SSSR count). The summed E-state index contributed by atoms with van der Waals surface area (Å²) in [4.78, 5) is 48.6. The number of nitrogens with one attached hydrogen (secondary N) is 1. The Morgan fingerprint density at radius 2 is 1.94 bits per heavy atom. The van der Waals surface area contributed by atoms with Gasteiger partial charge in [-0.25, -0.2) is 12.8 Å². The molecule has 1 N–H and O–H groups in total. The predicted octanol–water partition coefficient (Wildman–Crippen LogP) is 5.66. The first-order valence-corrected chi connectivity index (χ1v) is 18.8. The van der Waals surface area contributed by atoms with E-state index in [1.54, 1.807) is 36.1 Å². The lowest BCUT2D eigenvalue weighted by atomic mass is 9.90. The number of Topliss-reactive ketones (excluding diaryl/α,β-unsaturated/α-hetero) is 1. The van der Waals surface area contributed by atoms with Gasteiger partial charge in [-0.15, -0.1) is 0 Å². The normalized spacial score (nSPS) is 29.3. The number of ether oxygens (including phenoxy) is 1. The first-order chi connectivity index (χ1) is 23.5. The smallest absolute Gasteiger partial charge is 0.394 e. The maximum Gasteiger partial charge on any atom is 0.394 e. The minimum absolute atomic E-state index is 0.0344. The molecule has 3 aromatic rings. The SMILES string of the molecule is CC1(S(=O)(=O)NC(=O)[C@]23CC(=O)[C@@H]4C[C@@H](Oc5nc6ccccc6o5)CN4C(=O)[C@@H](Cc4cccc(F)c4)CCCCC/C=C\[C@@H]2C3)CC1. The second-order valence-corrected chi connectivity index (χ2v) is 16.7. The van der Waals surface area contributed by atoms with Crippen molar-refractivity contribution in [3.05, 3.63) is 72.1 Å². The summed E-state index contributed by atoms with van der Waals surface area (Å²) in [5.74, 6) is -2.38. The molecule has 3 heterocycles. The van der Waals surface area contributed by atoms with Gasteiger partial charge in [-0.1, -0.05) is 49.3 Å². The van der Waals surface area contributed by atoms with E-state index in [0.717, 1.165) is 25.7 Å². The van der Waals surface area contributed by atoms with Crippen LogP contribution in [0.15, 0.2) is 65.1 Å². The van der Waals surface area contributed by atoms with Crippen molar-refractivity contribution in [1.29, 1.82) is 0 Å². The Balaban J connectivity index is 1.18. The van der Waals surface area contributed by atoms with Crippen LogP contribution < -0.4 is 9.46 Å². The third-order valence-corrected chi connectivity index (χ3v) is 13.0. The number of oxazole rings is 1. The largest absolute Gasteiger partial charge is 0.445 e. The Hall–Kier alpha value is -4.06. The molecule has 49 heavy (non-hydrogen) atoms.